The molecule has 1 aliphatic carbocycles. The van der Waals surface area contributed by atoms with Crippen molar-refractivity contribution in [2.45, 2.75) is 38.0 Å². The van der Waals surface area contributed by atoms with Crippen LogP contribution in [0.4, 0.5) is 0 Å². The van der Waals surface area contributed by atoms with E-state index in [2.05, 4.69) is 0 Å². The van der Waals surface area contributed by atoms with Crippen molar-refractivity contribution in [2.75, 3.05) is 19.7 Å². The average molecular weight is 246 g/mol. The Morgan fingerprint density at radius 2 is 2.31 bits per heavy atom. The minimum absolute atomic E-state index is 0.0476. The minimum Gasteiger partial charge on any atom is -0.396 e. The van der Waals surface area contributed by atoms with E-state index in [0.29, 0.717) is 13.0 Å². The molecule has 3 nitrogen and oxygen atoms in total. The average Bonchev–Trinajstić information content (AvgIpc) is 2.66. The van der Waals surface area contributed by atoms with Crippen molar-refractivity contribution in [3.05, 3.63) is 0 Å². The number of aliphatic hydroxyl groups is 1. The molecule has 1 spiro atoms. The van der Waals surface area contributed by atoms with Gasteiger partial charge in [-0.25, -0.2) is 0 Å². The Morgan fingerprint density at radius 3 is 2.69 bits per heavy atom. The zero-order valence-electron chi connectivity index (χ0n) is 9.79. The van der Waals surface area contributed by atoms with Gasteiger partial charge in [0.2, 0.25) is 5.91 Å². The molecule has 2 rings (SSSR count). The van der Waals surface area contributed by atoms with Gasteiger partial charge in [0.15, 0.2) is 0 Å². The summed E-state index contributed by atoms with van der Waals surface area (Å²) in [4.78, 5) is 13.8. The molecular weight excluding hydrogens is 226 g/mol. The number of halogens is 1. The third-order valence-corrected chi connectivity index (χ3v) is 4.82. The molecule has 0 radical (unpaired) electrons. The Kier molecular flexibility index (Phi) is 3.45. The van der Waals surface area contributed by atoms with Crippen LogP contribution in [0, 0.1) is 11.3 Å². The van der Waals surface area contributed by atoms with Crippen molar-refractivity contribution >= 4 is 17.5 Å². The normalized spacial score (nSPS) is 29.2. The SMILES string of the molecule is CC[C@@H](Cl)C(=O)N1C[C@H](CO)C2(CCC2)C1. The molecular formula is C12H20ClNO2. The molecule has 1 saturated carbocycles. The molecule has 1 aliphatic heterocycles. The van der Waals surface area contributed by atoms with E-state index in [4.69, 9.17) is 11.6 Å². The summed E-state index contributed by atoms with van der Waals surface area (Å²) in [5.74, 6) is 0.317. The summed E-state index contributed by atoms with van der Waals surface area (Å²) < 4.78 is 0. The van der Waals surface area contributed by atoms with E-state index in [-0.39, 0.29) is 23.8 Å². The number of carbonyl (C=O) groups excluding carboxylic acids is 1. The third-order valence-electron chi connectivity index (χ3n) is 4.32. The molecule has 16 heavy (non-hydrogen) atoms. The smallest absolute Gasteiger partial charge is 0.240 e. The van der Waals surface area contributed by atoms with Crippen LogP contribution >= 0.6 is 11.6 Å². The lowest BCUT2D eigenvalue weighted by Gasteiger charge is -2.42. The summed E-state index contributed by atoms with van der Waals surface area (Å²) in [6.07, 6.45) is 4.21. The molecule has 2 atom stereocenters. The maximum absolute atomic E-state index is 12.0. The molecule has 1 heterocycles. The van der Waals surface area contributed by atoms with Crippen LogP contribution < -0.4 is 0 Å². The van der Waals surface area contributed by atoms with E-state index in [9.17, 15) is 9.90 Å². The number of nitrogens with zero attached hydrogens (tertiary/aromatic N) is 1. The van der Waals surface area contributed by atoms with Crippen molar-refractivity contribution in [3.63, 3.8) is 0 Å². The molecule has 0 aromatic rings. The Hall–Kier alpha value is -0.280. The lowest BCUT2D eigenvalue weighted by atomic mass is 9.63. The van der Waals surface area contributed by atoms with Crippen LogP contribution in [-0.4, -0.2) is 41.0 Å². The fourth-order valence-corrected chi connectivity index (χ4v) is 3.16. The van der Waals surface area contributed by atoms with Crippen LogP contribution in [0.5, 0.6) is 0 Å². The fraction of sp³-hybridized carbons (Fsp3) is 0.917. The van der Waals surface area contributed by atoms with Crippen molar-refractivity contribution in [3.8, 4) is 0 Å². The van der Waals surface area contributed by atoms with Crippen molar-refractivity contribution in [2.24, 2.45) is 11.3 Å². The molecule has 0 aromatic carbocycles. The first kappa shape index (κ1) is 12.2. The van der Waals surface area contributed by atoms with Gasteiger partial charge >= 0.3 is 0 Å². The van der Waals surface area contributed by atoms with Gasteiger partial charge in [-0.1, -0.05) is 13.3 Å². The standard InChI is InChI=1S/C12H20ClNO2/c1-2-10(13)11(16)14-6-9(7-15)12(8-14)4-3-5-12/h9-10,15H,2-8H2,1H3/t9-,10-/m1/s1. The maximum Gasteiger partial charge on any atom is 0.240 e. The summed E-state index contributed by atoms with van der Waals surface area (Å²) in [6.45, 7) is 3.62. The summed E-state index contributed by atoms with van der Waals surface area (Å²) >= 11 is 5.99. The summed E-state index contributed by atoms with van der Waals surface area (Å²) in [5.41, 5.74) is 0.217. The first-order valence-corrected chi connectivity index (χ1v) is 6.60. The maximum atomic E-state index is 12.0. The van der Waals surface area contributed by atoms with Crippen LogP contribution in [0.25, 0.3) is 0 Å². The number of alkyl halides is 1. The predicted molar refractivity (Wildman–Crippen MR) is 63.4 cm³/mol. The largest absolute Gasteiger partial charge is 0.396 e. The molecule has 1 amide bonds. The molecule has 0 unspecified atom stereocenters. The van der Waals surface area contributed by atoms with Gasteiger partial charge in [0, 0.05) is 25.6 Å². The molecule has 1 saturated heterocycles. The number of aliphatic hydroxyl groups excluding tert-OH is 1. The predicted octanol–water partition coefficient (Wildman–Crippen LogP) is 1.62. The zero-order chi connectivity index (χ0) is 11.8. The Bertz CT molecular complexity index is 278. The van der Waals surface area contributed by atoms with E-state index in [1.165, 1.54) is 6.42 Å². The van der Waals surface area contributed by atoms with Gasteiger partial charge in [-0.2, -0.15) is 0 Å². The van der Waals surface area contributed by atoms with Crippen molar-refractivity contribution < 1.29 is 9.90 Å². The second-order valence-electron chi connectivity index (χ2n) is 5.19. The van der Waals surface area contributed by atoms with Crippen LogP contribution in [0.3, 0.4) is 0 Å². The van der Waals surface area contributed by atoms with Crippen LogP contribution in [0.1, 0.15) is 32.6 Å². The number of carbonyl (C=O) groups is 1. The lowest BCUT2D eigenvalue weighted by Crippen LogP contribution is -2.40. The third kappa shape index (κ3) is 1.84. The summed E-state index contributed by atoms with van der Waals surface area (Å²) in [7, 11) is 0. The van der Waals surface area contributed by atoms with Crippen LogP contribution in [0.15, 0.2) is 0 Å². The minimum atomic E-state index is -0.394. The van der Waals surface area contributed by atoms with Crippen LogP contribution in [-0.2, 0) is 4.79 Å². The van der Waals surface area contributed by atoms with Crippen molar-refractivity contribution in [1.82, 2.24) is 4.90 Å². The molecule has 0 bridgehead atoms. The summed E-state index contributed by atoms with van der Waals surface area (Å²) in [5, 5.41) is 9.00. The monoisotopic (exact) mass is 245 g/mol. The Labute approximate surface area is 102 Å². The highest BCUT2D eigenvalue weighted by atomic mass is 35.5. The van der Waals surface area contributed by atoms with Gasteiger partial charge in [-0.15, -0.1) is 11.6 Å². The van der Waals surface area contributed by atoms with E-state index < -0.39 is 5.38 Å². The summed E-state index contributed by atoms with van der Waals surface area (Å²) in [6, 6.07) is 0. The zero-order valence-corrected chi connectivity index (χ0v) is 10.5. The van der Waals surface area contributed by atoms with Gasteiger partial charge in [0.05, 0.1) is 0 Å². The van der Waals surface area contributed by atoms with E-state index in [1.54, 1.807) is 0 Å². The van der Waals surface area contributed by atoms with Gasteiger partial charge in [-0.05, 0) is 24.7 Å². The number of hydrogen-bond donors (Lipinski definition) is 1. The van der Waals surface area contributed by atoms with Gasteiger partial charge in [0.25, 0.3) is 0 Å². The molecule has 2 fully saturated rings. The van der Waals surface area contributed by atoms with E-state index >= 15 is 0 Å². The highest BCUT2D eigenvalue weighted by Crippen LogP contribution is 2.51. The molecule has 2 aliphatic rings. The quantitative estimate of drug-likeness (QED) is 0.768. The second-order valence-corrected chi connectivity index (χ2v) is 5.72. The Balaban J connectivity index is 2.02. The van der Waals surface area contributed by atoms with Crippen molar-refractivity contribution in [1.29, 1.82) is 0 Å². The number of rotatable bonds is 3. The second kappa shape index (κ2) is 4.53. The highest BCUT2D eigenvalue weighted by molar-refractivity contribution is 6.30. The fourth-order valence-electron chi connectivity index (χ4n) is 3.02. The van der Waals surface area contributed by atoms with Gasteiger partial charge < -0.3 is 10.0 Å². The highest BCUT2D eigenvalue weighted by Gasteiger charge is 2.51. The Morgan fingerprint density at radius 1 is 1.62 bits per heavy atom. The number of hydrogen-bond acceptors (Lipinski definition) is 2. The van der Waals surface area contributed by atoms with Crippen LogP contribution in [0.2, 0.25) is 0 Å². The van der Waals surface area contributed by atoms with E-state index in [0.717, 1.165) is 19.4 Å². The molecule has 4 heteroatoms. The van der Waals surface area contributed by atoms with Gasteiger partial charge in [-0.3, -0.25) is 4.79 Å². The topological polar surface area (TPSA) is 40.5 Å². The molecule has 92 valence electrons. The first-order chi connectivity index (χ1) is 7.63. The molecule has 0 aromatic heterocycles. The molecule has 1 N–H and O–H groups in total. The van der Waals surface area contributed by atoms with Gasteiger partial charge in [0.1, 0.15) is 5.38 Å². The first-order valence-electron chi connectivity index (χ1n) is 6.16. The lowest BCUT2D eigenvalue weighted by molar-refractivity contribution is -0.130. The number of amides is 1. The van der Waals surface area contributed by atoms with E-state index in [1.807, 2.05) is 11.8 Å². The number of likely N-dealkylation sites (tertiary alicyclic amines) is 1.